The van der Waals surface area contributed by atoms with Crippen molar-refractivity contribution in [1.82, 2.24) is 15.5 Å². The molecule has 1 atom stereocenters. The fraction of sp³-hybridized carbons (Fsp3) is 0.690. The number of carbonyl (C=O) groups is 3. The zero-order valence-corrected chi connectivity index (χ0v) is 22.5. The van der Waals surface area contributed by atoms with E-state index in [1.54, 1.807) is 0 Å². The van der Waals surface area contributed by atoms with E-state index in [1.807, 2.05) is 0 Å². The van der Waals surface area contributed by atoms with E-state index in [1.165, 1.54) is 29.9 Å². The summed E-state index contributed by atoms with van der Waals surface area (Å²) in [6, 6.07) is 1.83. The summed E-state index contributed by atoms with van der Waals surface area (Å²) < 4.78 is 55.1. The van der Waals surface area contributed by atoms with Gasteiger partial charge in [0.2, 0.25) is 11.8 Å². The first-order valence-corrected chi connectivity index (χ1v) is 14.5. The number of nitrogens with zero attached hydrogens (tertiary/aromatic N) is 1. The molecule has 2 heterocycles. The highest BCUT2D eigenvalue weighted by atomic mass is 19.4. The van der Waals surface area contributed by atoms with Crippen molar-refractivity contribution in [3.8, 4) is 0 Å². The van der Waals surface area contributed by atoms with Crippen LogP contribution in [0.1, 0.15) is 93.0 Å². The van der Waals surface area contributed by atoms with Gasteiger partial charge in [0.15, 0.2) is 0 Å². The van der Waals surface area contributed by atoms with Gasteiger partial charge in [-0.25, -0.2) is 4.39 Å². The van der Waals surface area contributed by atoms with Crippen LogP contribution in [0.15, 0.2) is 12.1 Å². The number of piperidine rings is 1. The fourth-order valence-corrected chi connectivity index (χ4v) is 6.77. The maximum Gasteiger partial charge on any atom is 0.395 e. The number of fused-ring (bicyclic) bond motifs is 1. The Balaban J connectivity index is 1.17. The Morgan fingerprint density at radius 2 is 1.73 bits per heavy atom. The molecular formula is C29H36F4N4O3. The van der Waals surface area contributed by atoms with Crippen LogP contribution in [-0.4, -0.2) is 53.0 Å². The van der Waals surface area contributed by atoms with Crippen molar-refractivity contribution in [2.24, 2.45) is 11.3 Å². The molecule has 0 spiro atoms. The predicted octanol–water partition coefficient (Wildman–Crippen LogP) is 4.80. The highest BCUT2D eigenvalue weighted by molar-refractivity contribution is 6.06. The second-order valence-corrected chi connectivity index (χ2v) is 12.7. The van der Waals surface area contributed by atoms with E-state index >= 15 is 0 Å². The van der Waals surface area contributed by atoms with Crippen molar-refractivity contribution in [2.75, 3.05) is 11.9 Å². The highest BCUT2D eigenvalue weighted by Gasteiger charge is 2.62. The summed E-state index contributed by atoms with van der Waals surface area (Å²) in [6.07, 6.45) is 3.73. The summed E-state index contributed by atoms with van der Waals surface area (Å²) in [4.78, 5) is 38.8. The number of hydrogen-bond donors (Lipinski definition) is 3. The number of nitrogens with one attached hydrogen (secondary N) is 3. The van der Waals surface area contributed by atoms with Crippen LogP contribution in [0, 0.1) is 17.2 Å². The number of imide groups is 1. The van der Waals surface area contributed by atoms with Crippen LogP contribution in [0.5, 0.6) is 0 Å². The SMILES string of the molecule is O=C1CCC(N2Cc3c(NC4(CCC5CC5)CCC(NCC5(C(F)(F)F)CC5)CC4)cc(F)cc3C2=O)C(=O)N1. The minimum absolute atomic E-state index is 0.00140. The number of benzene rings is 1. The number of alkyl halides is 3. The molecule has 40 heavy (non-hydrogen) atoms. The number of carbonyl (C=O) groups excluding carboxylic acids is 3. The van der Waals surface area contributed by atoms with Gasteiger partial charge in [0.25, 0.3) is 5.91 Å². The molecule has 1 saturated heterocycles. The summed E-state index contributed by atoms with van der Waals surface area (Å²) in [5.41, 5.74) is -0.525. The van der Waals surface area contributed by atoms with E-state index in [0.717, 1.165) is 25.7 Å². The van der Waals surface area contributed by atoms with Crippen molar-refractivity contribution in [3.63, 3.8) is 0 Å². The molecule has 218 valence electrons. The second-order valence-electron chi connectivity index (χ2n) is 12.7. The number of hydrogen-bond acceptors (Lipinski definition) is 5. The molecule has 1 unspecified atom stereocenters. The molecule has 5 aliphatic rings. The number of amides is 3. The average Bonchev–Trinajstić information content (AvgIpc) is 3.82. The van der Waals surface area contributed by atoms with Crippen LogP contribution in [0.3, 0.4) is 0 Å². The normalized spacial score (nSPS) is 29.8. The van der Waals surface area contributed by atoms with E-state index in [2.05, 4.69) is 16.0 Å². The quantitative estimate of drug-likeness (QED) is 0.296. The summed E-state index contributed by atoms with van der Waals surface area (Å²) in [5.74, 6) is -1.18. The third-order valence-electron chi connectivity index (χ3n) is 9.88. The van der Waals surface area contributed by atoms with E-state index in [9.17, 15) is 31.9 Å². The predicted molar refractivity (Wildman–Crippen MR) is 139 cm³/mol. The van der Waals surface area contributed by atoms with Gasteiger partial charge < -0.3 is 15.5 Å². The Morgan fingerprint density at radius 1 is 1.00 bits per heavy atom. The minimum atomic E-state index is -4.18. The lowest BCUT2D eigenvalue weighted by Gasteiger charge is -2.43. The molecule has 0 radical (unpaired) electrons. The van der Waals surface area contributed by atoms with Crippen molar-refractivity contribution < 1.29 is 31.9 Å². The summed E-state index contributed by atoms with van der Waals surface area (Å²) in [6.45, 7) is 0.102. The molecular weight excluding hydrogens is 528 g/mol. The molecule has 4 fully saturated rings. The summed E-state index contributed by atoms with van der Waals surface area (Å²) in [7, 11) is 0. The highest BCUT2D eigenvalue weighted by Crippen LogP contribution is 2.57. The van der Waals surface area contributed by atoms with Crippen LogP contribution in [0.4, 0.5) is 23.2 Å². The second kappa shape index (κ2) is 9.99. The third-order valence-corrected chi connectivity index (χ3v) is 9.88. The smallest absolute Gasteiger partial charge is 0.379 e. The minimum Gasteiger partial charge on any atom is -0.379 e. The Morgan fingerprint density at radius 3 is 2.35 bits per heavy atom. The van der Waals surface area contributed by atoms with Gasteiger partial charge in [0.05, 0.1) is 5.41 Å². The van der Waals surface area contributed by atoms with Gasteiger partial charge in [-0.3, -0.25) is 19.7 Å². The van der Waals surface area contributed by atoms with Gasteiger partial charge in [-0.05, 0) is 75.8 Å². The van der Waals surface area contributed by atoms with E-state index in [-0.39, 0.29) is 61.8 Å². The molecule has 11 heteroatoms. The molecule has 3 saturated carbocycles. The molecule has 0 aromatic heterocycles. The van der Waals surface area contributed by atoms with Gasteiger partial charge in [-0.15, -0.1) is 0 Å². The molecule has 1 aromatic rings. The monoisotopic (exact) mass is 564 g/mol. The molecule has 2 aliphatic heterocycles. The van der Waals surface area contributed by atoms with Gasteiger partial charge in [-0.1, -0.05) is 12.8 Å². The first-order valence-electron chi connectivity index (χ1n) is 14.5. The van der Waals surface area contributed by atoms with Gasteiger partial charge >= 0.3 is 6.18 Å². The summed E-state index contributed by atoms with van der Waals surface area (Å²) in [5, 5.41) is 9.11. The van der Waals surface area contributed by atoms with Gasteiger partial charge in [0, 0.05) is 47.9 Å². The lowest BCUT2D eigenvalue weighted by molar-refractivity contribution is -0.186. The van der Waals surface area contributed by atoms with Crippen LogP contribution < -0.4 is 16.0 Å². The third kappa shape index (κ3) is 5.33. The molecule has 7 nitrogen and oxygen atoms in total. The Labute approximate surface area is 230 Å². The lowest BCUT2D eigenvalue weighted by atomic mass is 9.75. The van der Waals surface area contributed by atoms with Crippen molar-refractivity contribution in [2.45, 2.75) is 107 Å². The van der Waals surface area contributed by atoms with Gasteiger partial charge in [0.1, 0.15) is 11.9 Å². The van der Waals surface area contributed by atoms with Gasteiger partial charge in [-0.2, -0.15) is 13.2 Å². The number of halogens is 4. The largest absolute Gasteiger partial charge is 0.395 e. The molecule has 3 N–H and O–H groups in total. The van der Waals surface area contributed by atoms with Crippen molar-refractivity contribution >= 4 is 23.4 Å². The first kappa shape index (κ1) is 27.5. The molecule has 3 aliphatic carbocycles. The van der Waals surface area contributed by atoms with E-state index in [4.69, 9.17) is 0 Å². The zero-order chi connectivity index (χ0) is 28.3. The lowest BCUT2D eigenvalue weighted by Crippen LogP contribution is -2.52. The van der Waals surface area contributed by atoms with Crippen LogP contribution in [0.25, 0.3) is 0 Å². The molecule has 1 aromatic carbocycles. The van der Waals surface area contributed by atoms with E-state index < -0.39 is 35.3 Å². The van der Waals surface area contributed by atoms with Crippen LogP contribution in [0.2, 0.25) is 0 Å². The molecule has 0 bridgehead atoms. The van der Waals surface area contributed by atoms with Crippen LogP contribution in [-0.2, 0) is 16.1 Å². The Kier molecular flexibility index (Phi) is 6.86. The maximum absolute atomic E-state index is 14.8. The van der Waals surface area contributed by atoms with E-state index in [0.29, 0.717) is 30.0 Å². The number of anilines is 1. The fourth-order valence-electron chi connectivity index (χ4n) is 6.77. The Bertz CT molecular complexity index is 1200. The van der Waals surface area contributed by atoms with Crippen molar-refractivity contribution in [3.05, 3.63) is 29.1 Å². The van der Waals surface area contributed by atoms with Crippen molar-refractivity contribution in [1.29, 1.82) is 0 Å². The number of rotatable bonds is 9. The standard InChI is InChI=1S/C29H36F4N4O3/c30-18-13-20-21(15-37(26(20)40)23-3-4-24(38)35-25(23)39)22(14-18)36-28(8-5-17-1-2-17)9-6-19(7-10-28)34-16-27(11-12-27)29(31,32)33/h13-14,17,19,23,34,36H,1-12,15-16H2,(H,35,38,39). The maximum atomic E-state index is 14.8. The zero-order valence-electron chi connectivity index (χ0n) is 22.5. The first-order chi connectivity index (χ1) is 19.0. The average molecular weight is 565 g/mol. The van der Waals surface area contributed by atoms with Crippen LogP contribution >= 0.6 is 0 Å². The molecule has 3 amide bonds. The molecule has 6 rings (SSSR count). The summed E-state index contributed by atoms with van der Waals surface area (Å²) >= 11 is 0. The topological polar surface area (TPSA) is 90.5 Å². The Hall–Kier alpha value is -2.69.